The maximum absolute atomic E-state index is 16.2. The van der Waals surface area contributed by atoms with E-state index >= 15 is 4.21 Å². The van der Waals surface area contributed by atoms with E-state index in [1.807, 2.05) is 112 Å². The molecule has 11 nitrogen and oxygen atoms in total. The third kappa shape index (κ3) is 6.84. The topological polar surface area (TPSA) is 127 Å². The van der Waals surface area contributed by atoms with Crippen LogP contribution in [-0.4, -0.2) is 56.3 Å². The van der Waals surface area contributed by atoms with Crippen LogP contribution in [0.2, 0.25) is 0 Å². The van der Waals surface area contributed by atoms with Gasteiger partial charge in [0.1, 0.15) is 22.6 Å². The van der Waals surface area contributed by atoms with Crippen LogP contribution in [0.5, 0.6) is 5.88 Å². The van der Waals surface area contributed by atoms with Gasteiger partial charge in [-0.3, -0.25) is 0 Å². The Morgan fingerprint density at radius 3 is 2.02 bits per heavy atom. The fourth-order valence-corrected chi connectivity index (χ4v) is 9.69. The lowest BCUT2D eigenvalue weighted by molar-refractivity contribution is 0.0101. The summed E-state index contributed by atoms with van der Waals surface area (Å²) in [7, 11) is -2.28. The van der Waals surface area contributed by atoms with Gasteiger partial charge in [-0.2, -0.15) is 9.46 Å². The number of hydrogen-bond donors (Lipinski definition) is 2. The number of amides is 3. The number of likely N-dealkylation sites (N-methyl/N-ethyl adjacent to an activating group) is 1. The Morgan fingerprint density at radius 1 is 0.873 bits per heavy atom. The number of aryl methyl sites for hydroxylation is 2. The third-order valence-electron chi connectivity index (χ3n) is 10.6. The summed E-state index contributed by atoms with van der Waals surface area (Å²) in [6.45, 7) is 5.77. The van der Waals surface area contributed by atoms with Crippen molar-refractivity contribution in [2.24, 2.45) is 4.36 Å². The van der Waals surface area contributed by atoms with Crippen LogP contribution in [0.15, 0.2) is 113 Å². The molecule has 1 aromatic heterocycles. The number of anilines is 1. The Hall–Kier alpha value is -5.62. The van der Waals surface area contributed by atoms with Crippen molar-refractivity contribution in [2.45, 2.75) is 81.5 Å². The van der Waals surface area contributed by atoms with E-state index in [-0.39, 0.29) is 23.9 Å². The molecule has 284 valence electrons. The number of carbonyl (C=O) groups excluding carboxylic acids is 2. The highest BCUT2D eigenvalue weighted by molar-refractivity contribution is 7.92. The normalized spacial score (nSPS) is 16.9. The van der Waals surface area contributed by atoms with Crippen LogP contribution in [0.4, 0.5) is 15.3 Å². The summed E-state index contributed by atoms with van der Waals surface area (Å²) in [6, 6.07) is 30.3. The Morgan fingerprint density at radius 2 is 1.45 bits per heavy atom. The van der Waals surface area contributed by atoms with Crippen LogP contribution in [-0.2, 0) is 52.4 Å². The fourth-order valence-electron chi connectivity index (χ4n) is 7.84. The van der Waals surface area contributed by atoms with Gasteiger partial charge >= 0.3 is 12.1 Å². The molecule has 0 bridgehead atoms. The lowest BCUT2D eigenvalue weighted by atomic mass is 9.78. The first-order chi connectivity index (χ1) is 26.4. The number of hydrogen-bond acceptors (Lipinski definition) is 7. The SMILES string of the molecule is CN(C(=O)OC(C)(C)C)[C@@H]1COc2c(S(=O)(=NC(c3ccccc3)(c3ccccc3)c3ccccc3)NC(=O)Nc3c4c(cc5c3CC5)CCC4)cnn2C1. The second-order valence-corrected chi connectivity index (χ2v) is 17.3. The van der Waals surface area contributed by atoms with Gasteiger partial charge in [0.05, 0.1) is 18.8 Å². The standard InChI is InChI=1S/C43H46N6O5S/c1-42(2,3)54-41(51)48(4)34-27-49-39(53-28-34)37(26-44-49)55(52,46-40(50)45-38-35-22-14-15-29(35)25-30-23-24-36(30)38)47-43(31-16-8-5-9-17-31,32-18-10-6-11-19-32)33-20-12-7-13-21-33/h5-13,16-21,25-26,34H,14-15,22-24,27-28H2,1-4H3,(H2,45,46,47,50,52)/t34-,55?/m0/s1. The van der Waals surface area contributed by atoms with Crippen LogP contribution in [0.25, 0.3) is 0 Å². The van der Waals surface area contributed by atoms with E-state index in [4.69, 9.17) is 13.8 Å². The molecule has 1 aliphatic heterocycles. The van der Waals surface area contributed by atoms with Gasteiger partial charge in [-0.15, -0.1) is 0 Å². The van der Waals surface area contributed by atoms with Gasteiger partial charge in [0.25, 0.3) is 0 Å². The van der Waals surface area contributed by atoms with Crippen molar-refractivity contribution in [2.75, 3.05) is 19.0 Å². The Kier molecular flexibility index (Phi) is 9.40. The molecule has 1 unspecified atom stereocenters. The number of nitrogens with zero attached hydrogens (tertiary/aromatic N) is 4. The highest BCUT2D eigenvalue weighted by atomic mass is 32.2. The first-order valence-electron chi connectivity index (χ1n) is 18.8. The number of fused-ring (bicyclic) bond motifs is 3. The van der Waals surface area contributed by atoms with Crippen LogP contribution in [0.1, 0.15) is 66.1 Å². The molecule has 0 fully saturated rings. The fraction of sp³-hybridized carbons (Fsp3) is 0.326. The maximum atomic E-state index is 16.2. The molecular weight excluding hydrogens is 713 g/mol. The smallest absolute Gasteiger partial charge is 0.410 e. The minimum absolute atomic E-state index is 0.0830. The van der Waals surface area contributed by atoms with E-state index in [0.29, 0.717) is 0 Å². The van der Waals surface area contributed by atoms with Crippen molar-refractivity contribution in [3.8, 4) is 5.88 Å². The van der Waals surface area contributed by atoms with E-state index in [1.54, 1.807) is 11.7 Å². The molecule has 55 heavy (non-hydrogen) atoms. The number of aromatic nitrogens is 2. The largest absolute Gasteiger partial charge is 0.475 e. The first kappa shape index (κ1) is 36.4. The van der Waals surface area contributed by atoms with Crippen molar-refractivity contribution >= 4 is 27.7 Å². The second-order valence-electron chi connectivity index (χ2n) is 15.4. The first-order valence-corrected chi connectivity index (χ1v) is 20.3. The summed E-state index contributed by atoms with van der Waals surface area (Å²) in [5.41, 5.74) is 5.86. The molecule has 3 amide bonds. The van der Waals surface area contributed by atoms with E-state index in [1.165, 1.54) is 22.2 Å². The molecule has 0 spiro atoms. The molecule has 2 heterocycles. The van der Waals surface area contributed by atoms with Crippen molar-refractivity contribution in [1.82, 2.24) is 19.4 Å². The van der Waals surface area contributed by atoms with E-state index in [0.717, 1.165) is 65.6 Å². The number of benzene rings is 4. The lowest BCUT2D eigenvalue weighted by Gasteiger charge is -2.34. The predicted molar refractivity (Wildman–Crippen MR) is 212 cm³/mol. The molecule has 0 saturated heterocycles. The predicted octanol–water partition coefficient (Wildman–Crippen LogP) is 7.65. The van der Waals surface area contributed by atoms with Crippen LogP contribution < -0.4 is 14.8 Å². The van der Waals surface area contributed by atoms with Crippen LogP contribution in [0, 0.1) is 0 Å². The van der Waals surface area contributed by atoms with Crippen molar-refractivity contribution in [1.29, 1.82) is 0 Å². The molecule has 0 saturated carbocycles. The number of carbonyl (C=O) groups is 2. The average Bonchev–Trinajstić information content (AvgIpc) is 3.83. The zero-order chi connectivity index (χ0) is 38.4. The Bertz CT molecular complexity index is 2270. The van der Waals surface area contributed by atoms with Crippen molar-refractivity contribution in [3.63, 3.8) is 0 Å². The molecular formula is C43H46N6O5S. The molecule has 3 aliphatic rings. The van der Waals surface area contributed by atoms with Gasteiger partial charge < -0.3 is 19.7 Å². The van der Waals surface area contributed by atoms with Gasteiger partial charge in [-0.1, -0.05) is 97.1 Å². The highest BCUT2D eigenvalue weighted by Gasteiger charge is 2.41. The van der Waals surface area contributed by atoms with E-state index in [9.17, 15) is 9.59 Å². The quantitative estimate of drug-likeness (QED) is 0.157. The summed E-state index contributed by atoms with van der Waals surface area (Å²) < 4.78 is 38.0. The monoisotopic (exact) mass is 758 g/mol. The Labute approximate surface area is 322 Å². The zero-order valence-corrected chi connectivity index (χ0v) is 32.4. The molecule has 2 aliphatic carbocycles. The lowest BCUT2D eigenvalue weighted by Crippen LogP contribution is -2.48. The summed E-state index contributed by atoms with van der Waals surface area (Å²) in [5.74, 6) is 0.204. The molecule has 2 atom stereocenters. The molecule has 12 heteroatoms. The zero-order valence-electron chi connectivity index (χ0n) is 31.6. The van der Waals surface area contributed by atoms with E-state index < -0.39 is 39.2 Å². The van der Waals surface area contributed by atoms with Crippen molar-refractivity contribution < 1.29 is 23.3 Å². The molecule has 4 aromatic carbocycles. The van der Waals surface area contributed by atoms with Crippen LogP contribution >= 0.6 is 0 Å². The number of nitrogens with one attached hydrogen (secondary N) is 2. The van der Waals surface area contributed by atoms with Gasteiger partial charge in [0.2, 0.25) is 5.88 Å². The number of ether oxygens (including phenoxy) is 2. The third-order valence-corrected chi connectivity index (χ3v) is 12.5. The number of rotatable bonds is 8. The minimum atomic E-state index is -3.93. The highest BCUT2D eigenvalue weighted by Crippen LogP contribution is 2.44. The summed E-state index contributed by atoms with van der Waals surface area (Å²) >= 11 is 0. The summed E-state index contributed by atoms with van der Waals surface area (Å²) in [5, 5.41) is 7.76. The Balaban J connectivity index is 1.28. The molecule has 0 radical (unpaired) electrons. The summed E-state index contributed by atoms with van der Waals surface area (Å²) in [4.78, 5) is 29.0. The van der Waals surface area contributed by atoms with Crippen LogP contribution in [0.3, 0.4) is 0 Å². The molecule has 5 aromatic rings. The maximum Gasteiger partial charge on any atom is 0.410 e. The molecule has 8 rings (SSSR count). The van der Waals surface area contributed by atoms with Crippen molar-refractivity contribution in [3.05, 3.63) is 142 Å². The van der Waals surface area contributed by atoms with E-state index in [2.05, 4.69) is 21.2 Å². The second kappa shape index (κ2) is 14.2. The van der Waals surface area contributed by atoms with Gasteiger partial charge in [0, 0.05) is 12.7 Å². The average molecular weight is 759 g/mol. The van der Waals surface area contributed by atoms with Gasteiger partial charge in [-0.05, 0) is 91.8 Å². The molecule has 2 N–H and O–H groups in total. The van der Waals surface area contributed by atoms with Gasteiger partial charge in [0.15, 0.2) is 9.92 Å². The van der Waals surface area contributed by atoms with Gasteiger partial charge in [-0.25, -0.2) is 23.2 Å². The minimum Gasteiger partial charge on any atom is -0.475 e. The number of urea groups is 1. The summed E-state index contributed by atoms with van der Waals surface area (Å²) in [6.07, 6.45) is 5.69.